The molecule has 1 heterocycles. The zero-order chi connectivity index (χ0) is 16.0. The van der Waals surface area contributed by atoms with Crippen LogP contribution in [-0.4, -0.2) is 41.2 Å². The van der Waals surface area contributed by atoms with Gasteiger partial charge in [-0.05, 0) is 38.3 Å². The summed E-state index contributed by atoms with van der Waals surface area (Å²) < 4.78 is 0. The van der Waals surface area contributed by atoms with E-state index >= 15 is 0 Å². The van der Waals surface area contributed by atoms with Crippen molar-refractivity contribution in [1.82, 2.24) is 10.3 Å². The lowest BCUT2D eigenvalue weighted by molar-refractivity contribution is 0.0838. The van der Waals surface area contributed by atoms with Crippen molar-refractivity contribution in [3.63, 3.8) is 0 Å². The Labute approximate surface area is 132 Å². The van der Waals surface area contributed by atoms with Crippen LogP contribution in [0.2, 0.25) is 0 Å². The van der Waals surface area contributed by atoms with Crippen LogP contribution in [0.1, 0.15) is 56.3 Å². The van der Waals surface area contributed by atoms with Gasteiger partial charge in [0.1, 0.15) is 5.82 Å². The van der Waals surface area contributed by atoms with E-state index in [9.17, 15) is 9.90 Å². The van der Waals surface area contributed by atoms with Crippen molar-refractivity contribution in [2.75, 3.05) is 24.6 Å². The molecule has 2 rings (SSSR count). The van der Waals surface area contributed by atoms with Gasteiger partial charge in [-0.2, -0.15) is 0 Å². The lowest BCUT2D eigenvalue weighted by Gasteiger charge is -2.28. The number of hydrogen-bond acceptors (Lipinski definition) is 4. The number of carbonyl (C=O) groups is 1. The van der Waals surface area contributed by atoms with E-state index in [4.69, 9.17) is 0 Å². The molecule has 122 valence electrons. The van der Waals surface area contributed by atoms with Crippen LogP contribution < -0.4 is 10.2 Å². The van der Waals surface area contributed by atoms with Crippen molar-refractivity contribution in [1.29, 1.82) is 0 Å². The molecule has 1 amide bonds. The van der Waals surface area contributed by atoms with Crippen LogP contribution in [0.25, 0.3) is 0 Å². The van der Waals surface area contributed by atoms with Gasteiger partial charge in [0.25, 0.3) is 5.91 Å². The Hall–Kier alpha value is -1.62. The van der Waals surface area contributed by atoms with Gasteiger partial charge in [0.15, 0.2) is 0 Å². The molecule has 1 aliphatic rings. The summed E-state index contributed by atoms with van der Waals surface area (Å²) in [5.41, 5.74) is 0.115. The van der Waals surface area contributed by atoms with Crippen LogP contribution in [0.3, 0.4) is 0 Å². The highest BCUT2D eigenvalue weighted by molar-refractivity contribution is 5.94. The fraction of sp³-hybridized carbons (Fsp3) is 0.647. The maximum absolute atomic E-state index is 12.4. The van der Waals surface area contributed by atoms with Crippen LogP contribution in [-0.2, 0) is 0 Å². The number of aliphatic hydroxyl groups excluding tert-OH is 1. The van der Waals surface area contributed by atoms with Crippen LogP contribution in [0, 0.1) is 0 Å². The number of nitrogens with one attached hydrogen (secondary N) is 1. The second-order valence-electron chi connectivity index (χ2n) is 6.08. The number of aromatic nitrogens is 1. The highest BCUT2D eigenvalue weighted by Crippen LogP contribution is 2.29. The first kappa shape index (κ1) is 16.7. The van der Waals surface area contributed by atoms with Crippen molar-refractivity contribution in [2.24, 2.45) is 0 Å². The molecule has 1 fully saturated rings. The SMILES string of the molecule is CCCN(CC)c1ccc(C(=O)NC2(CO)CCCC2)cn1. The molecular formula is C17H27N3O2. The number of hydrogen-bond donors (Lipinski definition) is 2. The molecule has 0 spiro atoms. The van der Waals surface area contributed by atoms with Crippen molar-refractivity contribution in [2.45, 2.75) is 51.5 Å². The number of rotatable bonds is 7. The van der Waals surface area contributed by atoms with Crippen molar-refractivity contribution >= 4 is 11.7 Å². The molecule has 0 saturated heterocycles. The standard InChI is InChI=1S/C17H27N3O2/c1-3-11-20(4-2)15-8-7-14(12-18-15)16(22)19-17(13-21)9-5-6-10-17/h7-8,12,21H,3-6,9-11,13H2,1-2H3,(H,19,22). The first-order chi connectivity index (χ1) is 10.6. The fourth-order valence-corrected chi connectivity index (χ4v) is 3.10. The predicted octanol–water partition coefficient (Wildman–Crippen LogP) is 2.35. The Balaban J connectivity index is 2.04. The van der Waals surface area contributed by atoms with E-state index in [1.165, 1.54) is 0 Å². The molecule has 1 aromatic rings. The molecule has 1 aromatic heterocycles. The van der Waals surface area contributed by atoms with Crippen molar-refractivity contribution < 1.29 is 9.90 Å². The number of carbonyl (C=O) groups excluding carboxylic acids is 1. The van der Waals surface area contributed by atoms with Gasteiger partial charge in [-0.25, -0.2) is 4.98 Å². The van der Waals surface area contributed by atoms with Crippen LogP contribution >= 0.6 is 0 Å². The molecule has 0 aliphatic heterocycles. The minimum Gasteiger partial charge on any atom is -0.394 e. The molecule has 1 aliphatic carbocycles. The van der Waals surface area contributed by atoms with Gasteiger partial charge >= 0.3 is 0 Å². The number of amides is 1. The maximum atomic E-state index is 12.4. The fourth-order valence-electron chi connectivity index (χ4n) is 3.10. The van der Waals surface area contributed by atoms with E-state index in [0.717, 1.165) is 51.0 Å². The molecular weight excluding hydrogens is 278 g/mol. The Morgan fingerprint density at radius 1 is 1.36 bits per heavy atom. The van der Waals surface area contributed by atoms with Gasteiger partial charge in [0.05, 0.1) is 17.7 Å². The molecule has 5 nitrogen and oxygen atoms in total. The Morgan fingerprint density at radius 2 is 2.09 bits per heavy atom. The van der Waals surface area contributed by atoms with Crippen molar-refractivity contribution in [3.8, 4) is 0 Å². The quantitative estimate of drug-likeness (QED) is 0.811. The minimum absolute atomic E-state index is 0.00433. The first-order valence-electron chi connectivity index (χ1n) is 8.28. The van der Waals surface area contributed by atoms with E-state index in [1.807, 2.05) is 12.1 Å². The number of pyridine rings is 1. The van der Waals surface area contributed by atoms with Gasteiger partial charge in [-0.1, -0.05) is 19.8 Å². The monoisotopic (exact) mass is 305 g/mol. The third-order valence-corrected chi connectivity index (χ3v) is 4.45. The summed E-state index contributed by atoms with van der Waals surface area (Å²) >= 11 is 0. The predicted molar refractivity (Wildman–Crippen MR) is 88.2 cm³/mol. The number of nitrogens with zero attached hydrogens (tertiary/aromatic N) is 2. The summed E-state index contributed by atoms with van der Waals surface area (Å²) in [6.07, 6.45) is 6.50. The molecule has 22 heavy (non-hydrogen) atoms. The average Bonchev–Trinajstić information content (AvgIpc) is 3.02. The topological polar surface area (TPSA) is 65.5 Å². The van der Waals surface area contributed by atoms with E-state index in [-0.39, 0.29) is 12.5 Å². The molecule has 0 bridgehead atoms. The second kappa shape index (κ2) is 7.58. The number of aliphatic hydroxyl groups is 1. The molecule has 0 atom stereocenters. The average molecular weight is 305 g/mol. The maximum Gasteiger partial charge on any atom is 0.253 e. The summed E-state index contributed by atoms with van der Waals surface area (Å²) in [5.74, 6) is 0.757. The smallest absolute Gasteiger partial charge is 0.253 e. The largest absolute Gasteiger partial charge is 0.394 e. The Kier molecular flexibility index (Phi) is 5.77. The lowest BCUT2D eigenvalue weighted by Crippen LogP contribution is -2.49. The summed E-state index contributed by atoms with van der Waals surface area (Å²) in [7, 11) is 0. The van der Waals surface area contributed by atoms with Gasteiger partial charge in [-0.3, -0.25) is 4.79 Å². The Bertz CT molecular complexity index is 481. The molecule has 0 unspecified atom stereocenters. The van der Waals surface area contributed by atoms with Gasteiger partial charge in [0, 0.05) is 19.3 Å². The molecule has 1 saturated carbocycles. The Morgan fingerprint density at radius 3 is 2.59 bits per heavy atom. The van der Waals surface area contributed by atoms with Crippen LogP contribution in [0.15, 0.2) is 18.3 Å². The summed E-state index contributed by atoms with van der Waals surface area (Å²) in [6, 6.07) is 3.71. The minimum atomic E-state index is -0.437. The molecule has 0 aromatic carbocycles. The zero-order valence-corrected chi connectivity index (χ0v) is 13.6. The van der Waals surface area contributed by atoms with Crippen LogP contribution in [0.5, 0.6) is 0 Å². The highest BCUT2D eigenvalue weighted by Gasteiger charge is 2.34. The first-order valence-corrected chi connectivity index (χ1v) is 8.28. The third-order valence-electron chi connectivity index (χ3n) is 4.45. The van der Waals surface area contributed by atoms with Gasteiger partial charge in [0.2, 0.25) is 0 Å². The van der Waals surface area contributed by atoms with E-state index in [1.54, 1.807) is 6.20 Å². The van der Waals surface area contributed by atoms with Gasteiger partial charge in [-0.15, -0.1) is 0 Å². The zero-order valence-electron chi connectivity index (χ0n) is 13.6. The molecule has 5 heteroatoms. The second-order valence-corrected chi connectivity index (χ2v) is 6.08. The van der Waals surface area contributed by atoms with E-state index in [0.29, 0.717) is 5.56 Å². The van der Waals surface area contributed by atoms with E-state index in [2.05, 4.69) is 29.0 Å². The summed E-state index contributed by atoms with van der Waals surface area (Å²) in [6.45, 7) is 6.11. The molecule has 2 N–H and O–H groups in total. The summed E-state index contributed by atoms with van der Waals surface area (Å²) in [5, 5.41) is 12.6. The lowest BCUT2D eigenvalue weighted by atomic mass is 9.98. The van der Waals surface area contributed by atoms with Crippen LogP contribution in [0.4, 0.5) is 5.82 Å². The van der Waals surface area contributed by atoms with E-state index < -0.39 is 5.54 Å². The van der Waals surface area contributed by atoms with Gasteiger partial charge < -0.3 is 15.3 Å². The van der Waals surface area contributed by atoms with Crippen molar-refractivity contribution in [3.05, 3.63) is 23.9 Å². The normalized spacial score (nSPS) is 16.5. The molecule has 0 radical (unpaired) electrons. The third kappa shape index (κ3) is 3.77. The summed E-state index contributed by atoms with van der Waals surface area (Å²) in [4.78, 5) is 19.0. The highest BCUT2D eigenvalue weighted by atomic mass is 16.3. The number of anilines is 1.